The number of alkyl halides is 6. The van der Waals surface area contributed by atoms with Crippen molar-refractivity contribution in [3.8, 4) is 0 Å². The highest BCUT2D eigenvalue weighted by Crippen LogP contribution is 2.38. The molecule has 2 fully saturated rings. The summed E-state index contributed by atoms with van der Waals surface area (Å²) >= 11 is 0. The van der Waals surface area contributed by atoms with Gasteiger partial charge in [0.1, 0.15) is 5.82 Å². The second kappa shape index (κ2) is 13.3. The Hall–Kier alpha value is -2.70. The van der Waals surface area contributed by atoms with Crippen LogP contribution in [0, 0.1) is 5.82 Å². The molecule has 2 aliphatic rings. The van der Waals surface area contributed by atoms with E-state index in [-0.39, 0.29) is 23.4 Å². The summed E-state index contributed by atoms with van der Waals surface area (Å²) in [5.74, 6) is -0.00869. The van der Waals surface area contributed by atoms with Crippen molar-refractivity contribution in [3.05, 3.63) is 75.9 Å². The number of nitrogens with zero attached hydrogens (tertiary/aromatic N) is 3. The van der Waals surface area contributed by atoms with Gasteiger partial charge in [-0.05, 0) is 55.3 Å². The number of halogens is 7. The lowest BCUT2D eigenvalue weighted by Crippen LogP contribution is -2.54. The molecule has 2 aliphatic heterocycles. The summed E-state index contributed by atoms with van der Waals surface area (Å²) < 4.78 is 88.1. The molecule has 4 rings (SSSR count). The van der Waals surface area contributed by atoms with Gasteiger partial charge >= 0.3 is 12.4 Å². The maximum Gasteiger partial charge on any atom is 0.416 e. The number of amides is 1. The van der Waals surface area contributed by atoms with Crippen molar-refractivity contribution in [1.82, 2.24) is 15.1 Å². The Bertz CT molecular complexity index is 1080. The number of benzene rings is 2. The molecule has 2 saturated heterocycles. The fourth-order valence-corrected chi connectivity index (χ4v) is 4.95. The van der Waals surface area contributed by atoms with E-state index in [4.69, 9.17) is 0 Å². The summed E-state index contributed by atoms with van der Waals surface area (Å²) in [6.45, 7) is 7.64. The van der Waals surface area contributed by atoms with Crippen molar-refractivity contribution in [1.29, 1.82) is 0 Å². The third-order valence-corrected chi connectivity index (χ3v) is 7.40. The minimum atomic E-state index is -4.82. The number of rotatable bonds is 4. The van der Waals surface area contributed by atoms with Crippen LogP contribution < -0.4 is 5.32 Å². The van der Waals surface area contributed by atoms with Gasteiger partial charge in [0.2, 0.25) is 5.91 Å². The Morgan fingerprint density at radius 2 is 1.50 bits per heavy atom. The number of nitrogens with one attached hydrogen (secondary N) is 1. The largest absolute Gasteiger partial charge is 0.659 e. The summed E-state index contributed by atoms with van der Waals surface area (Å²) in [7, 11) is 1.33. The molecule has 0 saturated carbocycles. The van der Waals surface area contributed by atoms with E-state index in [0.29, 0.717) is 24.2 Å². The first-order valence-corrected chi connectivity index (χ1v) is 13.1. The van der Waals surface area contributed by atoms with E-state index in [1.807, 2.05) is 17.0 Å². The summed E-state index contributed by atoms with van der Waals surface area (Å²) in [6, 6.07) is 8.42. The van der Waals surface area contributed by atoms with Gasteiger partial charge in [-0.15, -0.1) is 6.04 Å². The Balaban J connectivity index is 0.000000226. The fourth-order valence-electron chi connectivity index (χ4n) is 4.95. The van der Waals surface area contributed by atoms with Crippen LogP contribution in [0.15, 0.2) is 42.5 Å². The van der Waals surface area contributed by atoms with Crippen LogP contribution in [0.2, 0.25) is 0 Å². The van der Waals surface area contributed by atoms with Gasteiger partial charge in [-0.25, -0.2) is 4.39 Å². The Morgan fingerprint density at radius 3 is 1.98 bits per heavy atom. The van der Waals surface area contributed by atoms with E-state index < -0.39 is 29.5 Å². The van der Waals surface area contributed by atoms with Gasteiger partial charge in [-0.1, -0.05) is 24.6 Å². The van der Waals surface area contributed by atoms with E-state index in [1.165, 1.54) is 26.1 Å². The van der Waals surface area contributed by atoms with E-state index in [2.05, 4.69) is 15.5 Å². The molecule has 0 radical (unpaired) electrons. The number of piperidine rings is 1. The molecule has 0 spiro atoms. The van der Waals surface area contributed by atoms with Crippen molar-refractivity contribution in [3.63, 3.8) is 0 Å². The first-order valence-electron chi connectivity index (χ1n) is 13.1. The van der Waals surface area contributed by atoms with E-state index in [0.717, 1.165) is 51.1 Å². The molecule has 1 amide bonds. The molecule has 2 aromatic carbocycles. The first-order chi connectivity index (χ1) is 18.7. The molecule has 2 aromatic rings. The van der Waals surface area contributed by atoms with Gasteiger partial charge in [-0.3, -0.25) is 9.69 Å². The fraction of sp³-hybridized carbons (Fsp3) is 0.536. The maximum atomic E-state index is 13.1. The standard InChI is InChI=1S/C17H24FN3O.C11H10F6N/c1-13(22)20-8-10-21(11-9-20)16-6-7-19-17(12-16)14-2-4-15(18)5-3-14;1-6(18-2)7-3-8(10(12,13)14)5-9(4-7)11(15,16)17/h2-5,16-17,19H,6-12H2,1H3;3-6H,1-2H3/q;-1/t16-,17-;6-/m11/s1. The zero-order valence-corrected chi connectivity index (χ0v) is 22.6. The van der Waals surface area contributed by atoms with Crippen molar-refractivity contribution < 1.29 is 35.5 Å². The highest BCUT2D eigenvalue weighted by Gasteiger charge is 2.37. The molecular weight excluding hydrogens is 541 g/mol. The van der Waals surface area contributed by atoms with E-state index >= 15 is 0 Å². The number of carbonyl (C=O) groups excluding carboxylic acids is 1. The highest BCUT2D eigenvalue weighted by molar-refractivity contribution is 5.73. The predicted molar refractivity (Wildman–Crippen MR) is 138 cm³/mol. The van der Waals surface area contributed by atoms with Crippen LogP contribution in [-0.4, -0.2) is 61.5 Å². The quantitative estimate of drug-likeness (QED) is 0.420. The average Bonchev–Trinajstić information content (AvgIpc) is 2.92. The smallest absolute Gasteiger partial charge is 0.416 e. The lowest BCUT2D eigenvalue weighted by molar-refractivity contribution is -0.143. The third-order valence-electron chi connectivity index (χ3n) is 7.40. The van der Waals surface area contributed by atoms with E-state index in [1.54, 1.807) is 6.92 Å². The maximum absolute atomic E-state index is 13.1. The topological polar surface area (TPSA) is 49.7 Å². The Kier molecular flexibility index (Phi) is 10.6. The van der Waals surface area contributed by atoms with Crippen molar-refractivity contribution in [2.45, 2.75) is 57.2 Å². The van der Waals surface area contributed by atoms with E-state index in [9.17, 15) is 35.5 Å². The summed E-state index contributed by atoms with van der Waals surface area (Å²) in [5, 5.41) is 7.21. The normalized spacial score (nSPS) is 21.4. The molecule has 5 nitrogen and oxygen atoms in total. The molecule has 2 heterocycles. The van der Waals surface area contributed by atoms with Gasteiger partial charge in [0.05, 0.1) is 11.1 Å². The van der Waals surface area contributed by atoms with Gasteiger partial charge < -0.3 is 15.5 Å². The van der Waals surface area contributed by atoms with Crippen LogP contribution in [0.3, 0.4) is 0 Å². The Morgan fingerprint density at radius 1 is 0.950 bits per heavy atom. The molecule has 0 aliphatic carbocycles. The third kappa shape index (κ3) is 8.65. The molecule has 40 heavy (non-hydrogen) atoms. The van der Waals surface area contributed by atoms with Crippen LogP contribution in [0.1, 0.15) is 61.0 Å². The highest BCUT2D eigenvalue weighted by atomic mass is 19.4. The average molecular weight is 576 g/mol. The van der Waals surface area contributed by atoms with Crippen molar-refractivity contribution in [2.75, 3.05) is 39.8 Å². The molecule has 0 unspecified atom stereocenters. The van der Waals surface area contributed by atoms with Gasteiger partial charge in [-0.2, -0.15) is 33.4 Å². The molecule has 0 bridgehead atoms. The van der Waals surface area contributed by atoms with Crippen LogP contribution in [0.4, 0.5) is 30.7 Å². The van der Waals surface area contributed by atoms with Crippen LogP contribution in [0.5, 0.6) is 0 Å². The minimum Gasteiger partial charge on any atom is -0.659 e. The molecular formula is C28H34F7N4O-. The Labute approximate surface area is 229 Å². The van der Waals surface area contributed by atoms with Crippen LogP contribution in [-0.2, 0) is 17.1 Å². The number of carbonyl (C=O) groups is 1. The minimum absolute atomic E-state index is 0.103. The summed E-state index contributed by atoms with van der Waals surface area (Å²) in [5.41, 5.74) is -1.58. The van der Waals surface area contributed by atoms with Crippen LogP contribution >= 0.6 is 0 Å². The zero-order valence-electron chi connectivity index (χ0n) is 22.6. The SMILES string of the molecule is CC(=O)N1CCN([C@@H]2CCN[C@@H](c3ccc(F)cc3)C2)CC1.C[N-][C@H](C)c1cc(C(F)(F)F)cc(C(F)(F)F)c1. The van der Waals surface area contributed by atoms with Gasteiger partial charge in [0.25, 0.3) is 0 Å². The van der Waals surface area contributed by atoms with Gasteiger partial charge in [0, 0.05) is 45.2 Å². The van der Waals surface area contributed by atoms with Gasteiger partial charge in [0.15, 0.2) is 0 Å². The monoisotopic (exact) mass is 575 g/mol. The summed E-state index contributed by atoms with van der Waals surface area (Å²) in [6.07, 6.45) is -7.45. The first kappa shape index (κ1) is 31.8. The lowest BCUT2D eigenvalue weighted by Gasteiger charge is -2.42. The second-order valence-electron chi connectivity index (χ2n) is 10.1. The molecule has 0 aromatic heterocycles. The predicted octanol–water partition coefficient (Wildman–Crippen LogP) is 6.57. The second-order valence-corrected chi connectivity index (χ2v) is 10.1. The molecule has 1 N–H and O–H groups in total. The number of hydrogen-bond donors (Lipinski definition) is 1. The molecule has 3 atom stereocenters. The lowest BCUT2D eigenvalue weighted by atomic mass is 9.92. The molecule has 12 heteroatoms. The summed E-state index contributed by atoms with van der Waals surface area (Å²) in [4.78, 5) is 15.8. The number of piperazine rings is 1. The number of hydrogen-bond acceptors (Lipinski definition) is 3. The van der Waals surface area contributed by atoms with Crippen molar-refractivity contribution in [2.24, 2.45) is 0 Å². The molecule has 222 valence electrons. The van der Waals surface area contributed by atoms with Crippen molar-refractivity contribution >= 4 is 5.91 Å². The zero-order chi connectivity index (χ0) is 29.7. The van der Waals surface area contributed by atoms with Crippen LogP contribution in [0.25, 0.3) is 5.32 Å².